The van der Waals surface area contributed by atoms with Crippen molar-refractivity contribution in [3.63, 3.8) is 0 Å². The highest BCUT2D eigenvalue weighted by atomic mass is 35.5. The van der Waals surface area contributed by atoms with Gasteiger partial charge in [0, 0.05) is 22.6 Å². The van der Waals surface area contributed by atoms with Crippen molar-refractivity contribution in [2.75, 3.05) is 6.54 Å². The summed E-state index contributed by atoms with van der Waals surface area (Å²) in [7, 11) is 0. The molecule has 116 valence electrons. The Labute approximate surface area is 138 Å². The number of hydrogen-bond donors (Lipinski definition) is 1. The number of benzene rings is 1. The molecule has 2 fully saturated rings. The molecule has 21 heavy (non-hydrogen) atoms. The lowest BCUT2D eigenvalue weighted by atomic mass is 9.69. The lowest BCUT2D eigenvalue weighted by Crippen LogP contribution is -2.42. The number of halogens is 2. The highest BCUT2D eigenvalue weighted by Crippen LogP contribution is 2.57. The maximum Gasteiger partial charge on any atom is 0.0453 e. The van der Waals surface area contributed by atoms with Gasteiger partial charge in [0.05, 0.1) is 0 Å². The lowest BCUT2D eigenvalue weighted by molar-refractivity contribution is 0.152. The zero-order chi connectivity index (χ0) is 15.0. The molecule has 0 aliphatic heterocycles. The van der Waals surface area contributed by atoms with Gasteiger partial charge in [0.1, 0.15) is 0 Å². The highest BCUT2D eigenvalue weighted by molar-refractivity contribution is 6.36. The Hall–Kier alpha value is -0.240. The fourth-order valence-corrected chi connectivity index (χ4v) is 5.05. The van der Waals surface area contributed by atoms with E-state index in [1.807, 2.05) is 18.2 Å². The van der Waals surface area contributed by atoms with Gasteiger partial charge in [0.2, 0.25) is 0 Å². The fourth-order valence-electron chi connectivity index (χ4n) is 4.51. The minimum Gasteiger partial charge on any atom is -0.314 e. The molecule has 2 saturated carbocycles. The van der Waals surface area contributed by atoms with Crippen molar-refractivity contribution < 1.29 is 0 Å². The van der Waals surface area contributed by atoms with Crippen LogP contribution in [0.4, 0.5) is 0 Å². The Bertz CT molecular complexity index is 494. The summed E-state index contributed by atoms with van der Waals surface area (Å²) in [5, 5.41) is 5.34. The van der Waals surface area contributed by atoms with Gasteiger partial charge >= 0.3 is 0 Å². The minimum atomic E-state index is 0.349. The third-order valence-corrected chi connectivity index (χ3v) is 6.26. The Morgan fingerprint density at radius 1 is 1.24 bits per heavy atom. The number of rotatable bonds is 5. The summed E-state index contributed by atoms with van der Waals surface area (Å²) in [5.41, 5.74) is 1.50. The van der Waals surface area contributed by atoms with Crippen molar-refractivity contribution in [1.29, 1.82) is 0 Å². The van der Waals surface area contributed by atoms with Crippen LogP contribution in [-0.4, -0.2) is 12.6 Å². The molecule has 2 aliphatic carbocycles. The molecule has 0 saturated heterocycles. The molecule has 1 aromatic carbocycles. The van der Waals surface area contributed by atoms with Crippen LogP contribution < -0.4 is 5.32 Å². The number of hydrogen-bond acceptors (Lipinski definition) is 1. The molecular weight excluding hydrogens is 301 g/mol. The van der Waals surface area contributed by atoms with Crippen LogP contribution in [-0.2, 0) is 6.42 Å². The first-order valence-corrected chi connectivity index (χ1v) is 8.92. The molecule has 0 amide bonds. The van der Waals surface area contributed by atoms with Gasteiger partial charge in [-0.05, 0) is 60.6 Å². The predicted molar refractivity (Wildman–Crippen MR) is 91.2 cm³/mol. The highest BCUT2D eigenvalue weighted by Gasteiger charge is 2.50. The quantitative estimate of drug-likeness (QED) is 0.770. The first-order chi connectivity index (χ1) is 10.00. The summed E-state index contributed by atoms with van der Waals surface area (Å²) in [5.74, 6) is 1.76. The van der Waals surface area contributed by atoms with Crippen molar-refractivity contribution in [3.8, 4) is 0 Å². The normalized spacial score (nSPS) is 31.3. The summed E-state index contributed by atoms with van der Waals surface area (Å²) in [6, 6.07) is 6.41. The van der Waals surface area contributed by atoms with Gasteiger partial charge in [0.25, 0.3) is 0 Å². The van der Waals surface area contributed by atoms with Crippen molar-refractivity contribution in [3.05, 3.63) is 33.8 Å². The van der Waals surface area contributed by atoms with Gasteiger partial charge in [-0.25, -0.2) is 0 Å². The monoisotopic (exact) mass is 325 g/mol. The second-order valence-electron chi connectivity index (χ2n) is 7.36. The van der Waals surface area contributed by atoms with Gasteiger partial charge in [-0.2, -0.15) is 0 Å². The fraction of sp³-hybridized carbons (Fsp3) is 0.667. The maximum absolute atomic E-state index is 6.43. The standard InChI is InChI=1S/C18H25Cl2N/c1-12(2)21-11-18(9-13-6-7-14(18)8-13)10-15-16(19)4-3-5-17(15)20/h3-5,12-14,21H,6-11H2,1-2H3. The Morgan fingerprint density at radius 3 is 2.48 bits per heavy atom. The smallest absolute Gasteiger partial charge is 0.0453 e. The van der Waals surface area contributed by atoms with Gasteiger partial charge in [-0.3, -0.25) is 0 Å². The van der Waals surface area contributed by atoms with E-state index in [2.05, 4.69) is 19.2 Å². The summed E-state index contributed by atoms with van der Waals surface area (Å²) < 4.78 is 0. The molecule has 1 aromatic rings. The van der Waals surface area contributed by atoms with E-state index in [0.29, 0.717) is 11.5 Å². The molecule has 3 unspecified atom stereocenters. The molecule has 3 atom stereocenters. The SMILES string of the molecule is CC(C)NCC1(Cc2c(Cl)cccc2Cl)CC2CCC1C2. The zero-order valence-corrected chi connectivity index (χ0v) is 14.5. The average Bonchev–Trinajstić information content (AvgIpc) is 3.02. The predicted octanol–water partition coefficient (Wildman–Crippen LogP) is 5.34. The summed E-state index contributed by atoms with van der Waals surface area (Å²) >= 11 is 12.9. The van der Waals surface area contributed by atoms with E-state index in [1.54, 1.807) is 0 Å². The van der Waals surface area contributed by atoms with Crippen LogP contribution in [0.25, 0.3) is 0 Å². The molecule has 2 aliphatic rings. The van der Waals surface area contributed by atoms with E-state index in [1.165, 1.54) is 25.7 Å². The van der Waals surface area contributed by atoms with Crippen LogP contribution in [0.5, 0.6) is 0 Å². The van der Waals surface area contributed by atoms with Gasteiger partial charge < -0.3 is 5.32 Å². The molecule has 0 radical (unpaired) electrons. The summed E-state index contributed by atoms with van der Waals surface area (Å²) in [4.78, 5) is 0. The summed E-state index contributed by atoms with van der Waals surface area (Å²) in [6.07, 6.45) is 6.56. The van der Waals surface area contributed by atoms with E-state index in [9.17, 15) is 0 Å². The van der Waals surface area contributed by atoms with Gasteiger partial charge in [0.15, 0.2) is 0 Å². The Morgan fingerprint density at radius 2 is 1.95 bits per heavy atom. The Balaban J connectivity index is 1.86. The third-order valence-electron chi connectivity index (χ3n) is 5.56. The second kappa shape index (κ2) is 6.10. The van der Waals surface area contributed by atoms with Crippen LogP contribution in [0.1, 0.15) is 45.1 Å². The summed E-state index contributed by atoms with van der Waals surface area (Å²) in [6.45, 7) is 5.54. The van der Waals surface area contributed by atoms with Crippen LogP contribution in [0.2, 0.25) is 10.0 Å². The maximum atomic E-state index is 6.43. The second-order valence-corrected chi connectivity index (χ2v) is 8.17. The minimum absolute atomic E-state index is 0.349. The van der Waals surface area contributed by atoms with E-state index in [4.69, 9.17) is 23.2 Å². The third kappa shape index (κ3) is 3.11. The van der Waals surface area contributed by atoms with Crippen LogP contribution in [0.15, 0.2) is 18.2 Å². The molecule has 3 heteroatoms. The largest absolute Gasteiger partial charge is 0.314 e. The van der Waals surface area contributed by atoms with E-state index < -0.39 is 0 Å². The molecule has 0 aromatic heterocycles. The molecule has 3 rings (SSSR count). The van der Waals surface area contributed by atoms with E-state index >= 15 is 0 Å². The molecule has 0 spiro atoms. The van der Waals surface area contributed by atoms with Gasteiger partial charge in [-0.15, -0.1) is 0 Å². The molecule has 1 N–H and O–H groups in total. The molecule has 1 nitrogen and oxygen atoms in total. The average molecular weight is 326 g/mol. The first-order valence-electron chi connectivity index (χ1n) is 8.16. The Kier molecular flexibility index (Phi) is 4.55. The topological polar surface area (TPSA) is 12.0 Å². The molecular formula is C18H25Cl2N. The molecule has 0 heterocycles. The van der Waals surface area contributed by atoms with Crippen molar-refractivity contribution in [2.45, 2.75) is 52.0 Å². The van der Waals surface area contributed by atoms with Crippen LogP contribution in [0.3, 0.4) is 0 Å². The number of nitrogens with one attached hydrogen (secondary N) is 1. The van der Waals surface area contributed by atoms with Crippen LogP contribution in [0, 0.1) is 17.3 Å². The van der Waals surface area contributed by atoms with Crippen molar-refractivity contribution >= 4 is 23.2 Å². The van der Waals surface area contributed by atoms with Crippen molar-refractivity contribution in [2.24, 2.45) is 17.3 Å². The van der Waals surface area contributed by atoms with Gasteiger partial charge in [-0.1, -0.05) is 49.5 Å². The first kappa shape index (κ1) is 15.6. The number of fused-ring (bicyclic) bond motifs is 2. The molecule has 2 bridgehead atoms. The van der Waals surface area contributed by atoms with E-state index in [0.717, 1.165) is 40.4 Å². The van der Waals surface area contributed by atoms with Crippen molar-refractivity contribution in [1.82, 2.24) is 5.32 Å². The van der Waals surface area contributed by atoms with E-state index in [-0.39, 0.29) is 0 Å². The lowest BCUT2D eigenvalue weighted by Gasteiger charge is -2.39. The zero-order valence-electron chi connectivity index (χ0n) is 13.0. The van der Waals surface area contributed by atoms with Crippen LogP contribution >= 0.6 is 23.2 Å².